The zero-order valence-electron chi connectivity index (χ0n) is 10.1. The van der Waals surface area contributed by atoms with Gasteiger partial charge in [0.05, 0.1) is 5.75 Å². The second kappa shape index (κ2) is 7.54. The molecule has 1 heterocycles. The minimum atomic E-state index is -0.0239. The van der Waals surface area contributed by atoms with E-state index in [1.54, 1.807) is 12.3 Å². The third-order valence-electron chi connectivity index (χ3n) is 2.11. The first-order valence-electron chi connectivity index (χ1n) is 5.45. The molecule has 0 fully saturated rings. The van der Waals surface area contributed by atoms with E-state index in [2.05, 4.69) is 15.5 Å². The van der Waals surface area contributed by atoms with Gasteiger partial charge < -0.3 is 16.3 Å². The van der Waals surface area contributed by atoms with Crippen LogP contribution in [-0.2, 0) is 10.5 Å². The van der Waals surface area contributed by atoms with Gasteiger partial charge in [-0.15, -0.1) is 11.8 Å². The molecule has 1 amide bonds. The molecule has 0 radical (unpaired) electrons. The number of thioether (sulfide) groups is 1. The number of oxime groups is 1. The molecule has 0 atom stereocenters. The first kappa shape index (κ1) is 14.3. The van der Waals surface area contributed by atoms with E-state index in [4.69, 9.17) is 10.9 Å². The molecule has 98 valence electrons. The fourth-order valence-electron chi connectivity index (χ4n) is 1.33. The van der Waals surface area contributed by atoms with Crippen molar-refractivity contribution in [3.63, 3.8) is 0 Å². The van der Waals surface area contributed by atoms with Gasteiger partial charge in [-0.2, -0.15) is 0 Å². The number of carbonyl (C=O) groups is 1. The van der Waals surface area contributed by atoms with Gasteiger partial charge in [-0.1, -0.05) is 11.2 Å². The highest BCUT2D eigenvalue weighted by molar-refractivity contribution is 7.99. The van der Waals surface area contributed by atoms with Crippen LogP contribution in [-0.4, -0.2) is 34.2 Å². The summed E-state index contributed by atoms with van der Waals surface area (Å²) in [6.07, 6.45) is 1.57. The highest BCUT2D eigenvalue weighted by Gasteiger charge is 2.08. The van der Waals surface area contributed by atoms with Crippen LogP contribution in [0.3, 0.4) is 0 Å². The summed E-state index contributed by atoms with van der Waals surface area (Å²) in [7, 11) is 0. The predicted octanol–water partition coefficient (Wildman–Crippen LogP) is 0.545. The molecule has 0 bridgehead atoms. The first-order valence-corrected chi connectivity index (χ1v) is 6.60. The summed E-state index contributed by atoms with van der Waals surface area (Å²) in [5.41, 5.74) is 6.81. The maximum atomic E-state index is 11.3. The summed E-state index contributed by atoms with van der Waals surface area (Å²) >= 11 is 1.45. The molecule has 0 spiro atoms. The number of pyridine rings is 1. The van der Waals surface area contributed by atoms with Crippen molar-refractivity contribution in [2.24, 2.45) is 10.9 Å². The first-order chi connectivity index (χ1) is 8.69. The summed E-state index contributed by atoms with van der Waals surface area (Å²) in [4.78, 5) is 15.3. The number of amidine groups is 1. The van der Waals surface area contributed by atoms with E-state index in [-0.39, 0.29) is 11.7 Å². The van der Waals surface area contributed by atoms with Crippen molar-refractivity contribution in [1.29, 1.82) is 0 Å². The lowest BCUT2D eigenvalue weighted by atomic mass is 10.2. The molecule has 1 aromatic rings. The third kappa shape index (κ3) is 4.25. The summed E-state index contributed by atoms with van der Waals surface area (Å²) in [5, 5.41) is 14.3. The van der Waals surface area contributed by atoms with Crippen molar-refractivity contribution >= 4 is 23.5 Å². The maximum Gasteiger partial charge on any atom is 0.229 e. The lowest BCUT2D eigenvalue weighted by Crippen LogP contribution is -2.24. The summed E-state index contributed by atoms with van der Waals surface area (Å²) in [5.74, 6) is 0.926. The highest BCUT2D eigenvalue weighted by Crippen LogP contribution is 2.14. The number of hydrogen-bond acceptors (Lipinski definition) is 5. The van der Waals surface area contributed by atoms with E-state index < -0.39 is 0 Å². The topological polar surface area (TPSA) is 101 Å². The lowest BCUT2D eigenvalue weighted by molar-refractivity contribution is -0.118. The number of nitrogens with two attached hydrogens (primary N) is 1. The standard InChI is InChI=1S/C11H16N4O2S/c1-2-13-9(16)7-18-6-8-4-3-5-14-10(8)11(12)15-17/h3-5,17H,2,6-7H2,1H3,(H2,12,15)(H,13,16). The molecular formula is C11H16N4O2S. The minimum Gasteiger partial charge on any atom is -0.409 e. The zero-order chi connectivity index (χ0) is 13.4. The molecule has 0 aromatic carbocycles. The van der Waals surface area contributed by atoms with Gasteiger partial charge in [0.15, 0.2) is 5.84 Å². The van der Waals surface area contributed by atoms with E-state index in [0.717, 1.165) is 5.56 Å². The van der Waals surface area contributed by atoms with Crippen LogP contribution in [0.1, 0.15) is 18.2 Å². The zero-order valence-corrected chi connectivity index (χ0v) is 10.9. The highest BCUT2D eigenvalue weighted by atomic mass is 32.2. The van der Waals surface area contributed by atoms with Crippen LogP contribution < -0.4 is 11.1 Å². The van der Waals surface area contributed by atoms with E-state index >= 15 is 0 Å². The Morgan fingerprint density at radius 1 is 1.67 bits per heavy atom. The Morgan fingerprint density at radius 2 is 2.44 bits per heavy atom. The van der Waals surface area contributed by atoms with Gasteiger partial charge in [-0.05, 0) is 18.6 Å². The van der Waals surface area contributed by atoms with E-state index in [0.29, 0.717) is 23.7 Å². The molecule has 0 unspecified atom stereocenters. The van der Waals surface area contributed by atoms with Crippen molar-refractivity contribution in [3.8, 4) is 0 Å². The molecule has 0 aliphatic heterocycles. The van der Waals surface area contributed by atoms with E-state index in [1.807, 2.05) is 13.0 Å². The van der Waals surface area contributed by atoms with Crippen LogP contribution in [0.4, 0.5) is 0 Å². The summed E-state index contributed by atoms with van der Waals surface area (Å²) < 4.78 is 0. The fourth-order valence-corrected chi connectivity index (χ4v) is 2.18. The Balaban J connectivity index is 2.60. The molecule has 0 aliphatic carbocycles. The summed E-state index contributed by atoms with van der Waals surface area (Å²) in [6, 6.07) is 3.61. The van der Waals surface area contributed by atoms with Crippen molar-refractivity contribution in [2.45, 2.75) is 12.7 Å². The quantitative estimate of drug-likeness (QED) is 0.303. The SMILES string of the molecule is CCNC(=O)CSCc1cccnc1/C(N)=N/O. The van der Waals surface area contributed by atoms with Crippen LogP contribution in [0, 0.1) is 0 Å². The van der Waals surface area contributed by atoms with Gasteiger partial charge in [0.1, 0.15) is 5.69 Å². The number of aromatic nitrogens is 1. The Hall–Kier alpha value is -1.76. The Labute approximate surface area is 110 Å². The van der Waals surface area contributed by atoms with Gasteiger partial charge in [-0.25, -0.2) is 0 Å². The summed E-state index contributed by atoms with van der Waals surface area (Å²) in [6.45, 7) is 2.50. The number of rotatable bonds is 6. The van der Waals surface area contributed by atoms with E-state index in [1.165, 1.54) is 11.8 Å². The molecule has 18 heavy (non-hydrogen) atoms. The largest absolute Gasteiger partial charge is 0.409 e. The predicted molar refractivity (Wildman–Crippen MR) is 71.6 cm³/mol. The van der Waals surface area contributed by atoms with Crippen LogP contribution in [0.25, 0.3) is 0 Å². The fraction of sp³-hybridized carbons (Fsp3) is 0.364. The monoisotopic (exact) mass is 268 g/mol. The van der Waals surface area contributed by atoms with Gasteiger partial charge in [0.2, 0.25) is 5.91 Å². The average molecular weight is 268 g/mol. The average Bonchev–Trinajstić information content (AvgIpc) is 2.39. The van der Waals surface area contributed by atoms with Crippen molar-refractivity contribution in [2.75, 3.05) is 12.3 Å². The lowest BCUT2D eigenvalue weighted by Gasteiger charge is -2.06. The second-order valence-corrected chi connectivity index (χ2v) is 4.43. The third-order valence-corrected chi connectivity index (χ3v) is 3.09. The van der Waals surface area contributed by atoms with Crippen LogP contribution in [0.15, 0.2) is 23.5 Å². The number of nitrogens with one attached hydrogen (secondary N) is 1. The molecule has 4 N–H and O–H groups in total. The van der Waals surface area contributed by atoms with Crippen LogP contribution in [0.2, 0.25) is 0 Å². The molecule has 1 rings (SSSR count). The van der Waals surface area contributed by atoms with Gasteiger partial charge >= 0.3 is 0 Å². The van der Waals surface area contributed by atoms with E-state index in [9.17, 15) is 4.79 Å². The normalized spacial score (nSPS) is 11.3. The van der Waals surface area contributed by atoms with Crippen LogP contribution in [0.5, 0.6) is 0 Å². The van der Waals surface area contributed by atoms with Gasteiger partial charge in [-0.3, -0.25) is 9.78 Å². The van der Waals surface area contributed by atoms with Gasteiger partial charge in [0.25, 0.3) is 0 Å². The number of amides is 1. The molecule has 0 saturated heterocycles. The number of nitrogens with zero attached hydrogens (tertiary/aromatic N) is 2. The number of carbonyl (C=O) groups excluding carboxylic acids is 1. The van der Waals surface area contributed by atoms with Crippen molar-refractivity contribution in [3.05, 3.63) is 29.6 Å². The smallest absolute Gasteiger partial charge is 0.229 e. The van der Waals surface area contributed by atoms with Gasteiger partial charge in [0, 0.05) is 18.5 Å². The molecule has 0 saturated carbocycles. The van der Waals surface area contributed by atoms with Crippen molar-refractivity contribution in [1.82, 2.24) is 10.3 Å². The van der Waals surface area contributed by atoms with Crippen LogP contribution >= 0.6 is 11.8 Å². The molecular weight excluding hydrogens is 252 g/mol. The Bertz CT molecular complexity index is 437. The Kier molecular flexibility index (Phi) is 5.99. The number of hydrogen-bond donors (Lipinski definition) is 3. The molecule has 6 nitrogen and oxygen atoms in total. The molecule has 1 aromatic heterocycles. The molecule has 0 aliphatic rings. The Morgan fingerprint density at radius 3 is 3.11 bits per heavy atom. The minimum absolute atomic E-state index is 0.00302. The molecule has 7 heteroatoms. The van der Waals surface area contributed by atoms with Crippen molar-refractivity contribution < 1.29 is 10.0 Å². The maximum absolute atomic E-state index is 11.3. The second-order valence-electron chi connectivity index (χ2n) is 3.44.